The van der Waals surface area contributed by atoms with Gasteiger partial charge in [-0.3, -0.25) is 0 Å². The van der Waals surface area contributed by atoms with Crippen molar-refractivity contribution in [1.29, 1.82) is 0 Å². The summed E-state index contributed by atoms with van der Waals surface area (Å²) in [5.41, 5.74) is 1.44. The van der Waals surface area contributed by atoms with Gasteiger partial charge in [-0.05, 0) is 50.6 Å². The smallest absolute Gasteiger partial charge is 0.319 e. The van der Waals surface area contributed by atoms with Crippen LogP contribution in [0.1, 0.15) is 41.3 Å². The Morgan fingerprint density at radius 2 is 2.00 bits per heavy atom. The third-order valence-corrected chi connectivity index (χ3v) is 4.35. The summed E-state index contributed by atoms with van der Waals surface area (Å²) in [6, 6.07) is 11.0. The summed E-state index contributed by atoms with van der Waals surface area (Å²) in [6.45, 7) is 5.69. The maximum Gasteiger partial charge on any atom is 0.319 e. The minimum Gasteiger partial charge on any atom is -0.389 e. The third kappa shape index (κ3) is 4.31. The Labute approximate surface area is 128 Å². The number of carbonyl (C=O) groups is 1. The lowest BCUT2D eigenvalue weighted by Crippen LogP contribution is -2.30. The van der Waals surface area contributed by atoms with Crippen LogP contribution in [0.5, 0.6) is 0 Å². The maximum atomic E-state index is 12.0. The van der Waals surface area contributed by atoms with Gasteiger partial charge in [0, 0.05) is 15.4 Å². The Morgan fingerprint density at radius 1 is 1.24 bits per heavy atom. The molecule has 21 heavy (non-hydrogen) atoms. The molecule has 0 fully saturated rings. The summed E-state index contributed by atoms with van der Waals surface area (Å²) in [6.07, 6.45) is -0.553. The van der Waals surface area contributed by atoms with Crippen LogP contribution in [0.25, 0.3) is 0 Å². The number of anilines is 1. The Kier molecular flexibility index (Phi) is 4.98. The molecular formula is C16H20N2O2S. The second-order valence-corrected chi connectivity index (χ2v) is 6.39. The number of benzene rings is 1. The van der Waals surface area contributed by atoms with E-state index in [2.05, 4.69) is 10.6 Å². The van der Waals surface area contributed by atoms with Crippen LogP contribution in [0.2, 0.25) is 0 Å². The van der Waals surface area contributed by atoms with Crippen molar-refractivity contribution in [3.8, 4) is 0 Å². The fourth-order valence-electron chi connectivity index (χ4n) is 2.00. The highest BCUT2D eigenvalue weighted by atomic mass is 32.1. The van der Waals surface area contributed by atoms with Crippen molar-refractivity contribution in [1.82, 2.24) is 5.32 Å². The number of hydrogen-bond acceptors (Lipinski definition) is 3. The second kappa shape index (κ2) is 6.74. The first kappa shape index (κ1) is 15.5. The lowest BCUT2D eigenvalue weighted by molar-refractivity contribution is 0.199. The molecule has 0 bridgehead atoms. The zero-order valence-electron chi connectivity index (χ0n) is 12.4. The first-order valence-corrected chi connectivity index (χ1v) is 7.69. The zero-order chi connectivity index (χ0) is 15.4. The summed E-state index contributed by atoms with van der Waals surface area (Å²) in [7, 11) is 0. The third-order valence-electron chi connectivity index (χ3n) is 3.16. The van der Waals surface area contributed by atoms with E-state index in [1.807, 2.05) is 38.1 Å². The number of hydrogen-bond donors (Lipinski definition) is 3. The van der Waals surface area contributed by atoms with Crippen LogP contribution in [-0.2, 0) is 0 Å². The number of amides is 2. The van der Waals surface area contributed by atoms with Gasteiger partial charge in [0.25, 0.3) is 0 Å². The fraction of sp³-hybridized carbons (Fsp3) is 0.312. The maximum absolute atomic E-state index is 12.0. The molecule has 2 atom stereocenters. The lowest BCUT2D eigenvalue weighted by Gasteiger charge is -2.14. The molecule has 4 nitrogen and oxygen atoms in total. The standard InChI is InChI=1S/C16H20N2O2S/c1-10-7-8-15(21-10)11(2)17-16(20)18-14-6-4-5-13(9-14)12(3)19/h4-9,11-12,19H,1-3H3,(H2,17,18,20). The largest absolute Gasteiger partial charge is 0.389 e. The number of nitrogens with one attached hydrogen (secondary N) is 2. The molecule has 1 aromatic heterocycles. The first-order chi connectivity index (χ1) is 9.95. The Hall–Kier alpha value is -1.85. The summed E-state index contributed by atoms with van der Waals surface area (Å²) in [5.74, 6) is 0. The molecule has 2 unspecified atom stereocenters. The normalized spacial score (nSPS) is 13.5. The number of carbonyl (C=O) groups excluding carboxylic acids is 1. The van der Waals surface area contributed by atoms with Gasteiger partial charge >= 0.3 is 6.03 Å². The summed E-state index contributed by atoms with van der Waals surface area (Å²) in [4.78, 5) is 14.4. The van der Waals surface area contributed by atoms with Gasteiger partial charge in [-0.2, -0.15) is 0 Å². The van der Waals surface area contributed by atoms with Crippen LogP contribution >= 0.6 is 11.3 Å². The van der Waals surface area contributed by atoms with Crippen LogP contribution in [0.3, 0.4) is 0 Å². The molecule has 0 spiro atoms. The fourth-order valence-corrected chi connectivity index (χ4v) is 2.88. The summed E-state index contributed by atoms with van der Waals surface area (Å²) >= 11 is 1.67. The molecule has 2 rings (SSSR count). The van der Waals surface area contributed by atoms with Crippen molar-refractivity contribution in [3.63, 3.8) is 0 Å². The molecule has 0 saturated heterocycles. The van der Waals surface area contributed by atoms with Crippen LogP contribution in [-0.4, -0.2) is 11.1 Å². The van der Waals surface area contributed by atoms with Crippen molar-refractivity contribution in [2.75, 3.05) is 5.32 Å². The topological polar surface area (TPSA) is 61.4 Å². The predicted molar refractivity (Wildman–Crippen MR) is 86.7 cm³/mol. The van der Waals surface area contributed by atoms with Gasteiger partial charge in [-0.1, -0.05) is 12.1 Å². The molecular weight excluding hydrogens is 284 g/mol. The van der Waals surface area contributed by atoms with Crippen molar-refractivity contribution in [3.05, 3.63) is 51.7 Å². The van der Waals surface area contributed by atoms with Crippen LogP contribution < -0.4 is 10.6 Å². The van der Waals surface area contributed by atoms with Crippen LogP contribution in [0.4, 0.5) is 10.5 Å². The summed E-state index contributed by atoms with van der Waals surface area (Å²) < 4.78 is 0. The highest BCUT2D eigenvalue weighted by molar-refractivity contribution is 7.12. The van der Waals surface area contributed by atoms with E-state index in [1.54, 1.807) is 30.4 Å². The number of thiophene rings is 1. The molecule has 2 aromatic rings. The predicted octanol–water partition coefficient (Wildman–Crippen LogP) is 3.99. The lowest BCUT2D eigenvalue weighted by atomic mass is 10.1. The van der Waals surface area contributed by atoms with Gasteiger partial charge in [0.1, 0.15) is 0 Å². The van der Waals surface area contributed by atoms with Gasteiger partial charge in [0.15, 0.2) is 0 Å². The van der Waals surface area contributed by atoms with Crippen molar-refractivity contribution in [2.24, 2.45) is 0 Å². The van der Waals surface area contributed by atoms with Crippen molar-refractivity contribution in [2.45, 2.75) is 32.9 Å². The molecule has 0 aliphatic carbocycles. The van der Waals surface area contributed by atoms with E-state index in [0.29, 0.717) is 5.69 Å². The average molecular weight is 304 g/mol. The Balaban J connectivity index is 1.97. The molecule has 5 heteroatoms. The quantitative estimate of drug-likeness (QED) is 0.799. The highest BCUT2D eigenvalue weighted by Gasteiger charge is 2.11. The van der Waals surface area contributed by atoms with Crippen molar-refractivity contribution < 1.29 is 9.90 Å². The molecule has 2 amide bonds. The summed E-state index contributed by atoms with van der Waals surface area (Å²) in [5, 5.41) is 15.2. The van der Waals surface area contributed by atoms with Crippen LogP contribution in [0.15, 0.2) is 36.4 Å². The first-order valence-electron chi connectivity index (χ1n) is 6.87. The molecule has 0 aliphatic heterocycles. The molecule has 1 aromatic carbocycles. The molecule has 3 N–H and O–H groups in total. The Bertz CT molecular complexity index is 622. The van der Waals surface area contributed by atoms with Gasteiger partial charge in [0.05, 0.1) is 12.1 Å². The molecule has 1 heterocycles. The minimum absolute atomic E-state index is 0.0383. The van der Waals surface area contributed by atoms with E-state index in [9.17, 15) is 9.90 Å². The van der Waals surface area contributed by atoms with E-state index in [-0.39, 0.29) is 12.1 Å². The minimum atomic E-state index is -0.553. The van der Waals surface area contributed by atoms with Crippen LogP contribution in [0, 0.1) is 6.92 Å². The van der Waals surface area contributed by atoms with Gasteiger partial charge < -0.3 is 15.7 Å². The van der Waals surface area contributed by atoms with E-state index >= 15 is 0 Å². The number of aryl methyl sites for hydroxylation is 1. The molecule has 0 saturated carbocycles. The highest BCUT2D eigenvalue weighted by Crippen LogP contribution is 2.22. The zero-order valence-corrected chi connectivity index (χ0v) is 13.2. The SMILES string of the molecule is Cc1ccc(C(C)NC(=O)Nc2cccc(C(C)O)c2)s1. The molecule has 112 valence electrons. The molecule has 0 aliphatic rings. The van der Waals surface area contributed by atoms with Gasteiger partial charge in [-0.15, -0.1) is 11.3 Å². The second-order valence-electron chi connectivity index (χ2n) is 5.07. The van der Waals surface area contributed by atoms with E-state index < -0.39 is 6.10 Å². The van der Waals surface area contributed by atoms with E-state index in [1.165, 1.54) is 4.88 Å². The number of aliphatic hydroxyl groups is 1. The Morgan fingerprint density at radius 3 is 2.62 bits per heavy atom. The number of urea groups is 1. The van der Waals surface area contributed by atoms with E-state index in [4.69, 9.17) is 0 Å². The van der Waals surface area contributed by atoms with Crippen molar-refractivity contribution >= 4 is 23.1 Å². The van der Waals surface area contributed by atoms with Gasteiger partial charge in [-0.25, -0.2) is 4.79 Å². The van der Waals surface area contributed by atoms with Gasteiger partial charge in [0.2, 0.25) is 0 Å². The molecule has 0 radical (unpaired) electrons. The number of aliphatic hydroxyl groups excluding tert-OH is 1. The monoisotopic (exact) mass is 304 g/mol. The number of rotatable bonds is 4. The van der Waals surface area contributed by atoms with E-state index in [0.717, 1.165) is 10.4 Å². The average Bonchev–Trinajstić information content (AvgIpc) is 2.85.